The highest BCUT2D eigenvalue weighted by atomic mass is 35.5. The molecule has 3 N–H and O–H groups in total. The molecule has 23 heavy (non-hydrogen) atoms. The highest BCUT2D eigenvalue weighted by Crippen LogP contribution is 2.30. The van der Waals surface area contributed by atoms with Gasteiger partial charge in [0.1, 0.15) is 0 Å². The first kappa shape index (κ1) is 17.2. The second-order valence-electron chi connectivity index (χ2n) is 4.90. The molecule has 2 aromatic rings. The predicted octanol–water partition coefficient (Wildman–Crippen LogP) is 3.07. The van der Waals surface area contributed by atoms with Gasteiger partial charge in [-0.2, -0.15) is 0 Å². The quantitative estimate of drug-likeness (QED) is 0.631. The summed E-state index contributed by atoms with van der Waals surface area (Å²) in [6.07, 6.45) is 0. The largest absolute Gasteiger partial charge is 0.377 e. The number of non-ortho nitro benzene ring substituents is 1. The SMILES string of the molecule is CC(Nc1ccc([N+](=O)[O-])cc1Cl)c1cccc(S(N)(=O)=O)c1. The third-order valence-electron chi connectivity index (χ3n) is 3.22. The summed E-state index contributed by atoms with van der Waals surface area (Å²) < 4.78 is 22.8. The number of rotatable bonds is 5. The molecule has 0 heterocycles. The Labute approximate surface area is 138 Å². The second kappa shape index (κ2) is 6.53. The van der Waals surface area contributed by atoms with Gasteiger partial charge in [0.05, 0.1) is 20.5 Å². The summed E-state index contributed by atoms with van der Waals surface area (Å²) >= 11 is 6.03. The molecule has 0 saturated carbocycles. The van der Waals surface area contributed by atoms with E-state index in [1.54, 1.807) is 19.1 Å². The Morgan fingerprint density at radius 2 is 1.96 bits per heavy atom. The molecule has 2 aromatic carbocycles. The lowest BCUT2D eigenvalue weighted by atomic mass is 10.1. The van der Waals surface area contributed by atoms with Gasteiger partial charge in [0, 0.05) is 18.2 Å². The fourth-order valence-corrected chi connectivity index (χ4v) is 2.81. The standard InChI is InChI=1S/C14H14ClN3O4S/c1-9(10-3-2-4-12(7-10)23(16,21)22)17-14-6-5-11(18(19)20)8-13(14)15/h2-9,17H,1H3,(H2,16,21,22). The Kier molecular flexibility index (Phi) is 4.88. The van der Waals surface area contributed by atoms with Gasteiger partial charge >= 0.3 is 0 Å². The van der Waals surface area contributed by atoms with E-state index in [2.05, 4.69) is 5.32 Å². The minimum atomic E-state index is -3.78. The smallest absolute Gasteiger partial charge is 0.271 e. The fourth-order valence-electron chi connectivity index (χ4n) is 2.01. The average Bonchev–Trinajstić information content (AvgIpc) is 2.48. The van der Waals surface area contributed by atoms with Crippen molar-refractivity contribution in [1.82, 2.24) is 0 Å². The topological polar surface area (TPSA) is 115 Å². The molecule has 7 nitrogen and oxygen atoms in total. The third-order valence-corrected chi connectivity index (χ3v) is 4.45. The van der Waals surface area contributed by atoms with Crippen LogP contribution in [0, 0.1) is 10.1 Å². The zero-order valence-corrected chi connectivity index (χ0v) is 13.6. The number of halogens is 1. The summed E-state index contributed by atoms with van der Waals surface area (Å²) in [7, 11) is -3.78. The molecule has 0 aromatic heterocycles. The van der Waals surface area contributed by atoms with Gasteiger partial charge < -0.3 is 5.32 Å². The number of nitrogens with one attached hydrogen (secondary N) is 1. The van der Waals surface area contributed by atoms with Crippen LogP contribution in [-0.2, 0) is 10.0 Å². The van der Waals surface area contributed by atoms with Gasteiger partial charge in [-0.15, -0.1) is 0 Å². The first-order valence-electron chi connectivity index (χ1n) is 6.51. The van der Waals surface area contributed by atoms with Crippen LogP contribution in [0.2, 0.25) is 5.02 Å². The lowest BCUT2D eigenvalue weighted by Gasteiger charge is -2.17. The van der Waals surface area contributed by atoms with E-state index >= 15 is 0 Å². The Morgan fingerprint density at radius 3 is 2.52 bits per heavy atom. The minimum absolute atomic E-state index is 0.0125. The van der Waals surface area contributed by atoms with Gasteiger partial charge in [0.2, 0.25) is 10.0 Å². The zero-order valence-electron chi connectivity index (χ0n) is 12.1. The summed E-state index contributed by atoms with van der Waals surface area (Å²) in [5, 5.41) is 19.1. The molecule has 1 atom stereocenters. The second-order valence-corrected chi connectivity index (χ2v) is 6.87. The summed E-state index contributed by atoms with van der Waals surface area (Å²) in [6, 6.07) is 10.0. The van der Waals surface area contributed by atoms with E-state index in [4.69, 9.17) is 16.7 Å². The van der Waals surface area contributed by atoms with Crippen molar-refractivity contribution in [3.63, 3.8) is 0 Å². The molecule has 0 saturated heterocycles. The number of anilines is 1. The van der Waals surface area contributed by atoms with E-state index in [1.165, 1.54) is 30.3 Å². The van der Waals surface area contributed by atoms with Crippen LogP contribution in [0.1, 0.15) is 18.5 Å². The van der Waals surface area contributed by atoms with E-state index in [0.29, 0.717) is 11.3 Å². The average molecular weight is 356 g/mol. The summed E-state index contributed by atoms with van der Waals surface area (Å²) in [4.78, 5) is 10.2. The van der Waals surface area contributed by atoms with Crippen molar-refractivity contribution in [1.29, 1.82) is 0 Å². The molecular formula is C14H14ClN3O4S. The van der Waals surface area contributed by atoms with E-state index in [0.717, 1.165) is 0 Å². The van der Waals surface area contributed by atoms with E-state index in [1.807, 2.05) is 0 Å². The van der Waals surface area contributed by atoms with Crippen LogP contribution in [0.25, 0.3) is 0 Å². The maximum atomic E-state index is 11.4. The van der Waals surface area contributed by atoms with Crippen molar-refractivity contribution in [2.75, 3.05) is 5.32 Å². The van der Waals surface area contributed by atoms with Crippen molar-refractivity contribution >= 4 is 33.0 Å². The molecule has 2 rings (SSSR count). The van der Waals surface area contributed by atoms with Crippen LogP contribution < -0.4 is 10.5 Å². The minimum Gasteiger partial charge on any atom is -0.377 e. The van der Waals surface area contributed by atoms with Crippen LogP contribution in [-0.4, -0.2) is 13.3 Å². The number of hydrogen-bond acceptors (Lipinski definition) is 5. The summed E-state index contributed by atoms with van der Waals surface area (Å²) in [5.41, 5.74) is 1.08. The molecule has 0 amide bonds. The highest BCUT2D eigenvalue weighted by Gasteiger charge is 2.14. The van der Waals surface area contributed by atoms with Gasteiger partial charge in [0.25, 0.3) is 5.69 Å². The molecule has 0 aliphatic rings. The molecule has 0 aliphatic carbocycles. The predicted molar refractivity (Wildman–Crippen MR) is 88.0 cm³/mol. The van der Waals surface area contributed by atoms with Crippen LogP contribution in [0.4, 0.5) is 11.4 Å². The van der Waals surface area contributed by atoms with Crippen molar-refractivity contribution in [3.8, 4) is 0 Å². The number of primary sulfonamides is 1. The molecule has 9 heteroatoms. The monoisotopic (exact) mass is 355 g/mol. The van der Waals surface area contributed by atoms with Gasteiger partial charge in [-0.05, 0) is 30.7 Å². The van der Waals surface area contributed by atoms with Gasteiger partial charge in [-0.1, -0.05) is 23.7 Å². The van der Waals surface area contributed by atoms with Gasteiger partial charge in [-0.3, -0.25) is 10.1 Å². The summed E-state index contributed by atoms with van der Waals surface area (Å²) in [5.74, 6) is 0. The zero-order chi connectivity index (χ0) is 17.2. The normalized spacial score (nSPS) is 12.7. The molecule has 1 unspecified atom stereocenters. The molecule has 0 bridgehead atoms. The molecule has 0 fully saturated rings. The number of hydrogen-bond donors (Lipinski definition) is 2. The van der Waals surface area contributed by atoms with Crippen LogP contribution in [0.5, 0.6) is 0 Å². The molecule has 122 valence electrons. The van der Waals surface area contributed by atoms with Crippen molar-refractivity contribution in [3.05, 3.63) is 63.2 Å². The summed E-state index contributed by atoms with van der Waals surface area (Å²) in [6.45, 7) is 1.81. The number of nitro benzene ring substituents is 1. The third kappa shape index (κ3) is 4.19. The van der Waals surface area contributed by atoms with E-state index in [9.17, 15) is 18.5 Å². The number of nitrogens with zero attached hydrogens (tertiary/aromatic N) is 1. The first-order chi connectivity index (χ1) is 10.7. The molecular weight excluding hydrogens is 342 g/mol. The molecule has 0 spiro atoms. The highest BCUT2D eigenvalue weighted by molar-refractivity contribution is 7.89. The maximum absolute atomic E-state index is 11.4. The number of benzene rings is 2. The van der Waals surface area contributed by atoms with Crippen LogP contribution in [0.15, 0.2) is 47.4 Å². The molecule has 0 aliphatic heterocycles. The maximum Gasteiger partial charge on any atom is 0.271 e. The Bertz CT molecular complexity index is 855. The van der Waals surface area contributed by atoms with Crippen LogP contribution >= 0.6 is 11.6 Å². The van der Waals surface area contributed by atoms with E-state index in [-0.39, 0.29) is 21.6 Å². The Balaban J connectivity index is 2.26. The molecule has 0 radical (unpaired) electrons. The number of nitro groups is 1. The first-order valence-corrected chi connectivity index (χ1v) is 8.44. The van der Waals surface area contributed by atoms with Crippen LogP contribution in [0.3, 0.4) is 0 Å². The lowest BCUT2D eigenvalue weighted by Crippen LogP contribution is -2.13. The Hall–Kier alpha value is -2.16. The fraction of sp³-hybridized carbons (Fsp3) is 0.143. The lowest BCUT2D eigenvalue weighted by molar-refractivity contribution is -0.384. The van der Waals surface area contributed by atoms with Crippen molar-refractivity contribution in [2.24, 2.45) is 5.14 Å². The number of nitrogens with two attached hydrogens (primary N) is 1. The van der Waals surface area contributed by atoms with Gasteiger partial charge in [-0.25, -0.2) is 13.6 Å². The number of sulfonamides is 1. The Morgan fingerprint density at radius 1 is 1.26 bits per heavy atom. The van der Waals surface area contributed by atoms with Crippen molar-refractivity contribution < 1.29 is 13.3 Å². The van der Waals surface area contributed by atoms with Crippen molar-refractivity contribution in [2.45, 2.75) is 17.9 Å². The van der Waals surface area contributed by atoms with Gasteiger partial charge in [0.15, 0.2) is 0 Å². The van der Waals surface area contributed by atoms with E-state index < -0.39 is 14.9 Å².